The molecule has 0 amide bonds. The number of nitrogens with zero attached hydrogens (tertiary/aromatic N) is 3. The van der Waals surface area contributed by atoms with Crippen molar-refractivity contribution in [1.82, 2.24) is 14.9 Å². The summed E-state index contributed by atoms with van der Waals surface area (Å²) in [5.74, 6) is 2.08. The SMILES string of the molecule is COc1cc2c([As]c3ccc4occcc3-4)ncnc2cc1OCC(O)CN1CCCC1. The van der Waals surface area contributed by atoms with Crippen molar-refractivity contribution in [3.8, 4) is 22.8 Å². The van der Waals surface area contributed by atoms with Crippen LogP contribution in [0.4, 0.5) is 0 Å². The van der Waals surface area contributed by atoms with Crippen LogP contribution in [0.1, 0.15) is 12.8 Å². The van der Waals surface area contributed by atoms with Gasteiger partial charge in [-0.3, -0.25) is 0 Å². The number of ether oxygens (including phenoxy) is 2. The van der Waals surface area contributed by atoms with E-state index in [1.54, 1.807) is 19.7 Å². The van der Waals surface area contributed by atoms with Gasteiger partial charge in [0.15, 0.2) is 0 Å². The number of hydrogen-bond acceptors (Lipinski definition) is 7. The molecule has 2 aliphatic heterocycles. The van der Waals surface area contributed by atoms with Gasteiger partial charge in [0, 0.05) is 0 Å². The van der Waals surface area contributed by atoms with Gasteiger partial charge in [-0.2, -0.15) is 0 Å². The Morgan fingerprint density at radius 3 is 2.88 bits per heavy atom. The van der Waals surface area contributed by atoms with Crippen LogP contribution in [0, 0.1) is 0 Å². The molecule has 1 unspecified atom stereocenters. The van der Waals surface area contributed by atoms with Crippen molar-refractivity contribution >= 4 is 35.5 Å². The Hall–Kier alpha value is -2.60. The van der Waals surface area contributed by atoms with Crippen molar-refractivity contribution in [1.29, 1.82) is 0 Å². The Morgan fingerprint density at radius 2 is 2.03 bits per heavy atom. The van der Waals surface area contributed by atoms with E-state index in [0.29, 0.717) is 18.0 Å². The normalized spacial score (nSPS) is 15.8. The average Bonchev–Trinajstić information content (AvgIpc) is 3.47. The number of aliphatic hydroxyl groups excluding tert-OH is 1. The molecule has 3 aliphatic rings. The summed E-state index contributed by atoms with van der Waals surface area (Å²) in [6.07, 6.45) is 5.14. The van der Waals surface area contributed by atoms with Gasteiger partial charge in [0.2, 0.25) is 0 Å². The van der Waals surface area contributed by atoms with Gasteiger partial charge >= 0.3 is 193 Å². The second kappa shape index (κ2) is 9.49. The molecular weight excluding hydrogens is 469 g/mol. The van der Waals surface area contributed by atoms with Gasteiger partial charge in [-0.25, -0.2) is 0 Å². The van der Waals surface area contributed by atoms with E-state index in [4.69, 9.17) is 13.9 Å². The second-order valence-electron chi connectivity index (χ2n) is 7.91. The molecule has 1 atom stereocenters. The first-order valence-electron chi connectivity index (χ1n) is 10.7. The van der Waals surface area contributed by atoms with Gasteiger partial charge in [-0.05, 0) is 0 Å². The molecule has 7 nitrogen and oxygen atoms in total. The summed E-state index contributed by atoms with van der Waals surface area (Å²) in [5.41, 5.74) is 1.92. The molecule has 0 spiro atoms. The van der Waals surface area contributed by atoms with E-state index in [9.17, 15) is 5.11 Å². The molecular formula is C24H25AsN3O4. The van der Waals surface area contributed by atoms with Crippen LogP contribution in [0.3, 0.4) is 0 Å². The van der Waals surface area contributed by atoms with Crippen LogP contribution in [0.15, 0.2) is 53.4 Å². The quantitative estimate of drug-likeness (QED) is 0.375. The van der Waals surface area contributed by atoms with Crippen molar-refractivity contribution in [3.05, 3.63) is 49.0 Å². The van der Waals surface area contributed by atoms with E-state index < -0.39 is 6.10 Å². The van der Waals surface area contributed by atoms with Crippen LogP contribution < -0.4 is 18.3 Å². The maximum atomic E-state index is 10.4. The van der Waals surface area contributed by atoms with E-state index in [2.05, 4.69) is 27.0 Å². The molecule has 1 N–H and O–H groups in total. The molecule has 3 heterocycles. The van der Waals surface area contributed by atoms with Crippen LogP contribution in [-0.4, -0.2) is 75.2 Å². The number of aromatic nitrogens is 2. The molecule has 1 aromatic carbocycles. The predicted molar refractivity (Wildman–Crippen MR) is 124 cm³/mol. The van der Waals surface area contributed by atoms with Gasteiger partial charge in [0.05, 0.1) is 0 Å². The predicted octanol–water partition coefficient (Wildman–Crippen LogP) is 1.83. The minimum atomic E-state index is -0.546. The number of aliphatic hydroxyl groups is 1. The standard InChI is InChI=1S/C24H25AsN3O4/c1-30-22-11-18-20(12-23(22)32-14-16(29)13-28-8-2-3-9-28)26-15-27-24(18)25-19-6-7-21-17(19)5-4-10-31-21/h4-7,10-12,15-16,29H,2-3,8-9,13-14H2,1H3. The van der Waals surface area contributed by atoms with Crippen molar-refractivity contribution in [2.45, 2.75) is 18.9 Å². The Morgan fingerprint density at radius 1 is 1.16 bits per heavy atom. The summed E-state index contributed by atoms with van der Waals surface area (Å²) in [7, 11) is 1.62. The third-order valence-corrected chi connectivity index (χ3v) is 8.21. The molecule has 1 fully saturated rings. The number of fused-ring (bicyclic) bond motifs is 2. The minimum absolute atomic E-state index is 0.214. The van der Waals surface area contributed by atoms with Gasteiger partial charge in [-0.15, -0.1) is 0 Å². The fraction of sp³-hybridized carbons (Fsp3) is 0.333. The zero-order chi connectivity index (χ0) is 21.9. The summed E-state index contributed by atoms with van der Waals surface area (Å²) in [4.78, 5) is 11.3. The van der Waals surface area contributed by atoms with Gasteiger partial charge in [-0.1, -0.05) is 0 Å². The average molecular weight is 494 g/mol. The monoisotopic (exact) mass is 494 g/mol. The van der Waals surface area contributed by atoms with Crippen molar-refractivity contribution in [2.75, 3.05) is 33.4 Å². The molecule has 165 valence electrons. The van der Waals surface area contributed by atoms with Crippen molar-refractivity contribution in [2.24, 2.45) is 0 Å². The first kappa shape index (κ1) is 21.3. The van der Waals surface area contributed by atoms with E-state index in [-0.39, 0.29) is 22.4 Å². The summed E-state index contributed by atoms with van der Waals surface area (Å²) in [5, 5.41) is 11.3. The Labute approximate surface area is 193 Å². The van der Waals surface area contributed by atoms with Crippen LogP contribution in [0.5, 0.6) is 11.5 Å². The molecule has 1 aliphatic carbocycles. The molecule has 5 rings (SSSR count). The second-order valence-corrected chi connectivity index (χ2v) is 10.3. The van der Waals surface area contributed by atoms with Crippen LogP contribution >= 0.6 is 0 Å². The molecule has 32 heavy (non-hydrogen) atoms. The molecule has 0 saturated carbocycles. The molecule has 1 radical (unpaired) electrons. The van der Waals surface area contributed by atoms with Crippen LogP contribution in [-0.2, 0) is 0 Å². The number of methoxy groups -OCH3 is 1. The van der Waals surface area contributed by atoms with Crippen molar-refractivity contribution in [3.63, 3.8) is 0 Å². The molecule has 1 aromatic heterocycles. The fourth-order valence-corrected chi connectivity index (χ4v) is 6.39. The van der Waals surface area contributed by atoms with Crippen molar-refractivity contribution < 1.29 is 19.0 Å². The Balaban J connectivity index is 1.37. The number of β-amino-alcohol motifs (C(OH)–C–C–N with tert-alkyl or cyclic N) is 1. The third-order valence-electron chi connectivity index (χ3n) is 5.70. The zero-order valence-corrected chi connectivity index (χ0v) is 19.8. The summed E-state index contributed by atoms with van der Waals surface area (Å²) in [6, 6.07) is 11.9. The number of hydrogen-bond donors (Lipinski definition) is 1. The fourth-order valence-electron chi connectivity index (χ4n) is 4.10. The summed E-state index contributed by atoms with van der Waals surface area (Å²) < 4.78 is 19.4. The molecule has 8 heteroatoms. The third kappa shape index (κ3) is 4.46. The number of benzene rings is 1. The summed E-state index contributed by atoms with van der Waals surface area (Å²) >= 11 is -0.369. The van der Waals surface area contributed by atoms with Gasteiger partial charge in [0.25, 0.3) is 0 Å². The van der Waals surface area contributed by atoms with Gasteiger partial charge in [0.1, 0.15) is 0 Å². The molecule has 2 aromatic rings. The topological polar surface area (TPSA) is 80.9 Å². The zero-order valence-electron chi connectivity index (χ0n) is 17.9. The first-order chi connectivity index (χ1) is 15.7. The van der Waals surface area contributed by atoms with E-state index in [0.717, 1.165) is 39.8 Å². The molecule has 1 saturated heterocycles. The maximum absolute atomic E-state index is 10.4. The van der Waals surface area contributed by atoms with E-state index in [1.807, 2.05) is 24.3 Å². The van der Waals surface area contributed by atoms with Crippen LogP contribution in [0.25, 0.3) is 22.2 Å². The Bertz CT molecular complexity index is 1180. The van der Waals surface area contributed by atoms with E-state index >= 15 is 0 Å². The van der Waals surface area contributed by atoms with E-state index in [1.165, 1.54) is 17.2 Å². The van der Waals surface area contributed by atoms with Crippen LogP contribution in [0.2, 0.25) is 0 Å². The first-order valence-corrected chi connectivity index (χ1v) is 12.6. The molecule has 0 bridgehead atoms. The summed E-state index contributed by atoms with van der Waals surface area (Å²) in [6.45, 7) is 2.94. The number of rotatable bonds is 8. The Kier molecular flexibility index (Phi) is 6.30. The van der Waals surface area contributed by atoms with Gasteiger partial charge < -0.3 is 0 Å². The number of likely N-dealkylation sites (tertiary alicyclic amines) is 1.